The molecular weight excluding hydrogens is 246 g/mol. The minimum atomic E-state index is -0.859. The molecule has 0 aromatic heterocycles. The summed E-state index contributed by atoms with van der Waals surface area (Å²) in [6.45, 7) is 0.257. The molecular formula is C13H19N3O3. The molecule has 0 saturated carbocycles. The average molecular weight is 265 g/mol. The van der Waals surface area contributed by atoms with E-state index in [1.807, 2.05) is 30.3 Å². The number of amides is 2. The second-order valence-corrected chi connectivity index (χ2v) is 4.09. The number of carbonyl (C=O) groups is 2. The Bertz CT molecular complexity index is 409. The molecule has 1 atom stereocenters. The van der Waals surface area contributed by atoms with E-state index in [-0.39, 0.29) is 19.1 Å². The van der Waals surface area contributed by atoms with Gasteiger partial charge in [0.15, 0.2) is 0 Å². The van der Waals surface area contributed by atoms with Crippen molar-refractivity contribution in [1.82, 2.24) is 5.32 Å². The van der Waals surface area contributed by atoms with Crippen LogP contribution in [0.5, 0.6) is 0 Å². The third-order valence-electron chi connectivity index (χ3n) is 2.57. The van der Waals surface area contributed by atoms with Gasteiger partial charge in [0, 0.05) is 0 Å². The number of primary amides is 1. The molecule has 104 valence electrons. The number of hydrogen-bond donors (Lipinski definition) is 3. The Labute approximate surface area is 112 Å². The standard InChI is InChI=1S/C13H19N3O3/c14-11(7-6-10-4-2-1-3-5-10)12(17)16-8-9-19-13(15)18/h1-5,11H,6-9,14H2,(H2,15,18)(H,16,17). The molecule has 0 aliphatic heterocycles. The Hall–Kier alpha value is -2.08. The van der Waals surface area contributed by atoms with Crippen LogP contribution in [0.1, 0.15) is 12.0 Å². The van der Waals surface area contributed by atoms with E-state index in [1.165, 1.54) is 0 Å². The quantitative estimate of drug-likeness (QED) is 0.610. The largest absolute Gasteiger partial charge is 0.448 e. The van der Waals surface area contributed by atoms with Crippen molar-refractivity contribution in [3.8, 4) is 0 Å². The Morgan fingerprint density at radius 1 is 1.26 bits per heavy atom. The first kappa shape index (κ1) is 15.0. The number of rotatable bonds is 7. The third kappa shape index (κ3) is 6.42. The molecule has 0 saturated heterocycles. The lowest BCUT2D eigenvalue weighted by atomic mass is 10.1. The van der Waals surface area contributed by atoms with Gasteiger partial charge in [-0.3, -0.25) is 4.79 Å². The second kappa shape index (κ2) is 8.10. The van der Waals surface area contributed by atoms with Gasteiger partial charge in [-0.15, -0.1) is 0 Å². The molecule has 0 fully saturated rings. The number of aryl methyl sites for hydroxylation is 1. The van der Waals surface area contributed by atoms with Gasteiger partial charge in [-0.25, -0.2) is 4.79 Å². The van der Waals surface area contributed by atoms with Crippen molar-refractivity contribution < 1.29 is 14.3 Å². The summed E-state index contributed by atoms with van der Waals surface area (Å²) in [7, 11) is 0. The molecule has 1 aromatic rings. The third-order valence-corrected chi connectivity index (χ3v) is 2.57. The van der Waals surface area contributed by atoms with Crippen LogP contribution in [0.15, 0.2) is 30.3 Å². The fourth-order valence-corrected chi connectivity index (χ4v) is 1.55. The summed E-state index contributed by atoms with van der Waals surface area (Å²) in [6, 6.07) is 9.24. The maximum Gasteiger partial charge on any atom is 0.404 e. The topological polar surface area (TPSA) is 107 Å². The molecule has 0 aliphatic rings. The van der Waals surface area contributed by atoms with Gasteiger partial charge in [0.2, 0.25) is 5.91 Å². The number of nitrogens with one attached hydrogen (secondary N) is 1. The number of carbonyl (C=O) groups excluding carboxylic acids is 2. The maximum atomic E-state index is 11.6. The summed E-state index contributed by atoms with van der Waals surface area (Å²) < 4.78 is 4.48. The number of ether oxygens (including phenoxy) is 1. The molecule has 0 spiro atoms. The van der Waals surface area contributed by atoms with Crippen molar-refractivity contribution in [1.29, 1.82) is 0 Å². The molecule has 0 radical (unpaired) electrons. The molecule has 1 aromatic carbocycles. The van der Waals surface area contributed by atoms with Gasteiger partial charge in [0.1, 0.15) is 6.61 Å². The van der Waals surface area contributed by atoms with Crippen LogP contribution in [-0.2, 0) is 16.0 Å². The smallest absolute Gasteiger partial charge is 0.404 e. The average Bonchev–Trinajstić information content (AvgIpc) is 2.41. The Morgan fingerprint density at radius 2 is 1.95 bits per heavy atom. The SMILES string of the molecule is NC(=O)OCCNC(=O)C(N)CCc1ccccc1. The van der Waals surface area contributed by atoms with Crippen molar-refractivity contribution in [3.63, 3.8) is 0 Å². The first-order chi connectivity index (χ1) is 9.09. The van der Waals surface area contributed by atoms with Gasteiger partial charge >= 0.3 is 6.09 Å². The Morgan fingerprint density at radius 3 is 2.58 bits per heavy atom. The normalized spacial score (nSPS) is 11.6. The summed E-state index contributed by atoms with van der Waals surface area (Å²) >= 11 is 0. The van der Waals surface area contributed by atoms with Gasteiger partial charge in [0.05, 0.1) is 12.6 Å². The van der Waals surface area contributed by atoms with Crippen molar-refractivity contribution in [2.24, 2.45) is 11.5 Å². The molecule has 1 unspecified atom stereocenters. The van der Waals surface area contributed by atoms with Crippen LogP contribution in [0.3, 0.4) is 0 Å². The van der Waals surface area contributed by atoms with Crippen LogP contribution in [0.4, 0.5) is 4.79 Å². The predicted molar refractivity (Wildman–Crippen MR) is 71.3 cm³/mol. The molecule has 6 nitrogen and oxygen atoms in total. The van der Waals surface area contributed by atoms with Gasteiger partial charge < -0.3 is 21.5 Å². The van der Waals surface area contributed by atoms with E-state index in [4.69, 9.17) is 11.5 Å². The van der Waals surface area contributed by atoms with Gasteiger partial charge in [-0.1, -0.05) is 30.3 Å². The summed E-state index contributed by atoms with van der Waals surface area (Å²) in [5.41, 5.74) is 11.7. The fraction of sp³-hybridized carbons (Fsp3) is 0.385. The van der Waals surface area contributed by atoms with E-state index in [0.717, 1.165) is 12.0 Å². The number of nitrogens with two attached hydrogens (primary N) is 2. The Kier molecular flexibility index (Phi) is 6.38. The molecule has 2 amide bonds. The predicted octanol–water partition coefficient (Wildman–Crippen LogP) is 0.158. The highest BCUT2D eigenvalue weighted by molar-refractivity contribution is 5.81. The zero-order chi connectivity index (χ0) is 14.1. The highest BCUT2D eigenvalue weighted by Crippen LogP contribution is 2.03. The lowest BCUT2D eigenvalue weighted by Crippen LogP contribution is -2.42. The zero-order valence-corrected chi connectivity index (χ0v) is 10.7. The van der Waals surface area contributed by atoms with E-state index in [0.29, 0.717) is 6.42 Å². The molecule has 1 rings (SSSR count). The monoisotopic (exact) mass is 265 g/mol. The van der Waals surface area contributed by atoms with Crippen molar-refractivity contribution in [2.45, 2.75) is 18.9 Å². The maximum absolute atomic E-state index is 11.6. The van der Waals surface area contributed by atoms with E-state index < -0.39 is 12.1 Å². The summed E-state index contributed by atoms with van der Waals surface area (Å²) in [5.74, 6) is -0.260. The van der Waals surface area contributed by atoms with Crippen molar-refractivity contribution in [2.75, 3.05) is 13.2 Å². The van der Waals surface area contributed by atoms with E-state index in [1.54, 1.807) is 0 Å². The molecule has 0 bridgehead atoms. The number of hydrogen-bond acceptors (Lipinski definition) is 4. The summed E-state index contributed by atoms with van der Waals surface area (Å²) in [5, 5.41) is 2.58. The first-order valence-electron chi connectivity index (χ1n) is 6.09. The second-order valence-electron chi connectivity index (χ2n) is 4.09. The van der Waals surface area contributed by atoms with E-state index in [9.17, 15) is 9.59 Å². The van der Waals surface area contributed by atoms with Gasteiger partial charge in [0.25, 0.3) is 0 Å². The minimum absolute atomic E-state index is 0.0481. The van der Waals surface area contributed by atoms with Crippen LogP contribution in [0.2, 0.25) is 0 Å². The highest BCUT2D eigenvalue weighted by Gasteiger charge is 2.12. The fourth-order valence-electron chi connectivity index (χ4n) is 1.55. The Balaban J connectivity index is 2.20. The molecule has 0 heterocycles. The summed E-state index contributed by atoms with van der Waals surface area (Å²) in [4.78, 5) is 21.9. The zero-order valence-electron chi connectivity index (χ0n) is 10.7. The lowest BCUT2D eigenvalue weighted by molar-refractivity contribution is -0.122. The van der Waals surface area contributed by atoms with Crippen LogP contribution >= 0.6 is 0 Å². The van der Waals surface area contributed by atoms with Crippen LogP contribution in [0.25, 0.3) is 0 Å². The van der Waals surface area contributed by atoms with Gasteiger partial charge in [-0.2, -0.15) is 0 Å². The molecule has 5 N–H and O–H groups in total. The molecule has 0 aliphatic carbocycles. The minimum Gasteiger partial charge on any atom is -0.448 e. The first-order valence-corrected chi connectivity index (χ1v) is 6.09. The molecule has 19 heavy (non-hydrogen) atoms. The van der Waals surface area contributed by atoms with E-state index in [2.05, 4.69) is 10.1 Å². The van der Waals surface area contributed by atoms with E-state index >= 15 is 0 Å². The van der Waals surface area contributed by atoms with Crippen LogP contribution in [-0.4, -0.2) is 31.2 Å². The lowest BCUT2D eigenvalue weighted by Gasteiger charge is -2.12. The van der Waals surface area contributed by atoms with Crippen LogP contribution < -0.4 is 16.8 Å². The van der Waals surface area contributed by atoms with Gasteiger partial charge in [-0.05, 0) is 18.4 Å². The number of benzene rings is 1. The highest BCUT2D eigenvalue weighted by atomic mass is 16.5. The summed E-state index contributed by atoms with van der Waals surface area (Å²) in [6.07, 6.45) is 0.447. The molecule has 6 heteroatoms. The van der Waals surface area contributed by atoms with Crippen molar-refractivity contribution in [3.05, 3.63) is 35.9 Å². The van der Waals surface area contributed by atoms with Crippen molar-refractivity contribution >= 4 is 12.0 Å². The van der Waals surface area contributed by atoms with Crippen LogP contribution in [0, 0.1) is 0 Å².